The molecular weight excluding hydrogens is 512 g/mol. The van der Waals surface area contributed by atoms with Crippen LogP contribution in [0.4, 0.5) is 5.69 Å². The molecule has 0 radical (unpaired) electrons. The lowest BCUT2D eigenvalue weighted by Gasteiger charge is -2.29. The Bertz CT molecular complexity index is 1380. The number of rotatable bonds is 10. The standard InChI is InChI=1S/C31H33ClN4OS/c1-4-9-23(5-2)38-34-29-13-8-10-21-14-15-22(18-25(21)29)36(20-30-33-16-17-35(30)3)31(37)27-19-26(27)24-11-6-7-12-28(24)32/h4-7,9,11-12,14-18,26-27,29,34H,1-2,8,10,13,19-20H2,3H3/b23-9+. The first-order valence-electron chi connectivity index (χ1n) is 13.0. The van der Waals surface area contributed by atoms with Crippen molar-refractivity contribution in [3.8, 4) is 0 Å². The highest BCUT2D eigenvalue weighted by atomic mass is 35.5. The molecule has 3 atom stereocenters. The van der Waals surface area contributed by atoms with Crippen molar-refractivity contribution in [3.05, 3.63) is 119 Å². The van der Waals surface area contributed by atoms with Crippen molar-refractivity contribution in [1.82, 2.24) is 14.3 Å². The maximum atomic E-state index is 14.0. The Hall–Kier alpha value is -3.06. The van der Waals surface area contributed by atoms with Crippen LogP contribution in [0, 0.1) is 5.92 Å². The van der Waals surface area contributed by atoms with Crippen LogP contribution >= 0.6 is 23.5 Å². The fourth-order valence-electron chi connectivity index (χ4n) is 5.25. The number of anilines is 1. The van der Waals surface area contributed by atoms with Gasteiger partial charge in [-0.1, -0.05) is 61.2 Å². The summed E-state index contributed by atoms with van der Waals surface area (Å²) in [7, 11) is 1.96. The van der Waals surface area contributed by atoms with Gasteiger partial charge in [-0.3, -0.25) is 9.52 Å². The molecule has 1 N–H and O–H groups in total. The zero-order valence-corrected chi connectivity index (χ0v) is 23.2. The van der Waals surface area contributed by atoms with Gasteiger partial charge in [0.2, 0.25) is 5.91 Å². The van der Waals surface area contributed by atoms with Crippen molar-refractivity contribution >= 4 is 35.1 Å². The van der Waals surface area contributed by atoms with Crippen LogP contribution < -0.4 is 9.62 Å². The molecule has 2 aliphatic carbocycles. The topological polar surface area (TPSA) is 50.2 Å². The molecule has 5 nitrogen and oxygen atoms in total. The Morgan fingerprint density at radius 2 is 2.11 bits per heavy atom. The molecule has 0 spiro atoms. The number of carbonyl (C=O) groups excluding carboxylic acids is 1. The minimum atomic E-state index is -0.0881. The predicted octanol–water partition coefficient (Wildman–Crippen LogP) is 7.28. The molecule has 2 aromatic carbocycles. The minimum absolute atomic E-state index is 0.0881. The number of halogens is 1. The zero-order chi connectivity index (χ0) is 26.6. The van der Waals surface area contributed by atoms with Crippen LogP contribution in [0.25, 0.3) is 0 Å². The summed E-state index contributed by atoms with van der Waals surface area (Å²) in [6, 6.07) is 14.5. The van der Waals surface area contributed by atoms with Gasteiger partial charge in [-0.05, 0) is 84.5 Å². The molecule has 1 saturated carbocycles. The minimum Gasteiger partial charge on any atom is -0.337 e. The van der Waals surface area contributed by atoms with Crippen LogP contribution in [0.2, 0.25) is 5.02 Å². The van der Waals surface area contributed by atoms with E-state index in [0.717, 1.165) is 52.7 Å². The zero-order valence-electron chi connectivity index (χ0n) is 21.6. The first-order chi connectivity index (χ1) is 18.5. The summed E-state index contributed by atoms with van der Waals surface area (Å²) in [6.45, 7) is 8.12. The van der Waals surface area contributed by atoms with Gasteiger partial charge in [0, 0.05) is 47.0 Å². The van der Waals surface area contributed by atoms with Crippen LogP contribution in [0.3, 0.4) is 0 Å². The Kier molecular flexibility index (Phi) is 8.22. The summed E-state index contributed by atoms with van der Waals surface area (Å²) >= 11 is 8.05. The van der Waals surface area contributed by atoms with Crippen LogP contribution in [0.15, 0.2) is 91.1 Å². The highest BCUT2D eigenvalue weighted by Gasteiger charge is 2.47. The number of amides is 1. The Morgan fingerprint density at radius 1 is 1.26 bits per heavy atom. The van der Waals surface area contributed by atoms with E-state index in [1.165, 1.54) is 11.1 Å². The smallest absolute Gasteiger partial charge is 0.231 e. The second-order valence-electron chi connectivity index (χ2n) is 9.91. The number of fused-ring (bicyclic) bond motifs is 1. The van der Waals surface area contributed by atoms with Crippen molar-refractivity contribution in [2.24, 2.45) is 13.0 Å². The molecule has 196 valence electrons. The van der Waals surface area contributed by atoms with Crippen molar-refractivity contribution < 1.29 is 4.79 Å². The van der Waals surface area contributed by atoms with Crippen molar-refractivity contribution in [1.29, 1.82) is 0 Å². The summed E-state index contributed by atoms with van der Waals surface area (Å²) in [6.07, 6.45) is 13.3. The average Bonchev–Trinajstić information content (AvgIpc) is 3.63. The van der Waals surface area contributed by atoms with E-state index >= 15 is 0 Å². The molecule has 2 aliphatic rings. The monoisotopic (exact) mass is 544 g/mol. The summed E-state index contributed by atoms with van der Waals surface area (Å²) in [5.41, 5.74) is 4.54. The van der Waals surface area contributed by atoms with Crippen molar-refractivity contribution in [3.63, 3.8) is 0 Å². The van der Waals surface area contributed by atoms with Gasteiger partial charge in [0.15, 0.2) is 0 Å². The number of aromatic nitrogens is 2. The first-order valence-corrected chi connectivity index (χ1v) is 14.2. The molecule has 7 heteroatoms. The summed E-state index contributed by atoms with van der Waals surface area (Å²) in [4.78, 5) is 21.5. The molecule has 3 aromatic rings. The number of allylic oxidation sites excluding steroid dienone is 3. The average molecular weight is 545 g/mol. The van der Waals surface area contributed by atoms with Gasteiger partial charge >= 0.3 is 0 Å². The number of hydrogen-bond donors (Lipinski definition) is 1. The third-order valence-electron chi connectivity index (χ3n) is 7.46. The molecule has 3 unspecified atom stereocenters. The van der Waals surface area contributed by atoms with Gasteiger partial charge in [-0.2, -0.15) is 0 Å². The van der Waals surface area contributed by atoms with Crippen LogP contribution in [-0.2, 0) is 24.8 Å². The van der Waals surface area contributed by atoms with Crippen LogP contribution in [0.5, 0.6) is 0 Å². The van der Waals surface area contributed by atoms with E-state index in [-0.39, 0.29) is 23.8 Å². The number of aryl methyl sites for hydroxylation is 2. The SMILES string of the molecule is C=C/C=C(\C=C)SNC1CCCc2ccc(N(Cc3nccn3C)C(=O)C3CC3c3ccccc3Cl)cc21. The third-order valence-corrected chi connectivity index (χ3v) is 8.74. The second kappa shape index (κ2) is 11.8. The highest BCUT2D eigenvalue weighted by Crippen LogP contribution is 2.51. The van der Waals surface area contributed by atoms with Crippen LogP contribution in [-0.4, -0.2) is 15.5 Å². The van der Waals surface area contributed by atoms with E-state index in [0.29, 0.717) is 6.54 Å². The van der Waals surface area contributed by atoms with E-state index < -0.39 is 0 Å². The molecule has 1 aromatic heterocycles. The molecule has 0 bridgehead atoms. The Morgan fingerprint density at radius 3 is 2.84 bits per heavy atom. The summed E-state index contributed by atoms with van der Waals surface area (Å²) < 4.78 is 5.60. The number of carbonyl (C=O) groups is 1. The number of benzene rings is 2. The maximum Gasteiger partial charge on any atom is 0.231 e. The van der Waals surface area contributed by atoms with Gasteiger partial charge in [0.05, 0.1) is 6.54 Å². The van der Waals surface area contributed by atoms with Crippen molar-refractivity contribution in [2.45, 2.75) is 44.2 Å². The fraction of sp³-hybridized carbons (Fsp3) is 0.290. The first kappa shape index (κ1) is 26.5. The van der Waals surface area contributed by atoms with Gasteiger partial charge in [0.1, 0.15) is 5.82 Å². The fourth-order valence-corrected chi connectivity index (χ4v) is 6.30. The van der Waals surface area contributed by atoms with Crippen molar-refractivity contribution in [2.75, 3.05) is 4.90 Å². The van der Waals surface area contributed by atoms with E-state index in [2.05, 4.69) is 41.1 Å². The molecule has 1 heterocycles. The molecule has 1 fully saturated rings. The maximum absolute atomic E-state index is 14.0. The number of nitrogens with one attached hydrogen (secondary N) is 1. The molecule has 1 amide bonds. The Labute approximate surface area is 234 Å². The van der Waals surface area contributed by atoms with E-state index in [4.69, 9.17) is 11.6 Å². The summed E-state index contributed by atoms with van der Waals surface area (Å²) in [5, 5.41) is 0.730. The number of hydrogen-bond acceptors (Lipinski definition) is 4. The van der Waals surface area contributed by atoms with E-state index in [9.17, 15) is 4.79 Å². The van der Waals surface area contributed by atoms with Gasteiger partial charge < -0.3 is 9.47 Å². The number of imidazole rings is 1. The predicted molar refractivity (Wildman–Crippen MR) is 158 cm³/mol. The number of nitrogens with zero attached hydrogens (tertiary/aromatic N) is 3. The second-order valence-corrected chi connectivity index (χ2v) is 11.2. The largest absolute Gasteiger partial charge is 0.337 e. The van der Waals surface area contributed by atoms with Gasteiger partial charge in [0.25, 0.3) is 0 Å². The molecule has 0 aliphatic heterocycles. The molecular formula is C31H33ClN4OS. The molecule has 5 rings (SSSR count). The van der Waals surface area contributed by atoms with E-state index in [1.807, 2.05) is 59.1 Å². The molecule has 38 heavy (non-hydrogen) atoms. The van der Waals surface area contributed by atoms with Gasteiger partial charge in [-0.15, -0.1) is 0 Å². The quantitative estimate of drug-likeness (QED) is 0.215. The normalized spacial score (nSPS) is 20.5. The summed E-state index contributed by atoms with van der Waals surface area (Å²) in [5.74, 6) is 1.03. The highest BCUT2D eigenvalue weighted by molar-refractivity contribution is 8.01. The van der Waals surface area contributed by atoms with E-state index in [1.54, 1.807) is 24.2 Å². The van der Waals surface area contributed by atoms with Gasteiger partial charge in [-0.25, -0.2) is 4.98 Å². The lowest BCUT2D eigenvalue weighted by Crippen LogP contribution is -2.33. The third kappa shape index (κ3) is 5.68. The Balaban J connectivity index is 1.44. The van der Waals surface area contributed by atoms with Crippen LogP contribution in [0.1, 0.15) is 53.7 Å². The molecule has 0 saturated heterocycles. The lowest BCUT2D eigenvalue weighted by atomic mass is 9.87. The lowest BCUT2D eigenvalue weighted by molar-refractivity contribution is -0.120.